The Morgan fingerprint density at radius 3 is 2.12 bits per heavy atom. The van der Waals surface area contributed by atoms with Crippen LogP contribution in [0.25, 0.3) is 0 Å². The monoisotopic (exact) mass is 346 g/mol. The van der Waals surface area contributed by atoms with Gasteiger partial charge in [0.2, 0.25) is 0 Å². The van der Waals surface area contributed by atoms with Crippen molar-refractivity contribution in [2.75, 3.05) is 0 Å². The molecule has 1 atom stereocenters. The number of aldehydes is 1. The lowest BCUT2D eigenvalue weighted by Gasteiger charge is -2.14. The second-order valence-electron chi connectivity index (χ2n) is 5.56. The Morgan fingerprint density at radius 1 is 1.12 bits per heavy atom. The Hall–Kier alpha value is -2.03. The Morgan fingerprint density at radius 2 is 1.67 bits per heavy atom. The van der Waals surface area contributed by atoms with Gasteiger partial charge in [0.05, 0.1) is 0 Å². The number of aryl methyl sites for hydroxylation is 4. The summed E-state index contributed by atoms with van der Waals surface area (Å²) in [6.07, 6.45) is 1.50. The topological polar surface area (TPSA) is 71.4 Å². The van der Waals surface area contributed by atoms with Crippen molar-refractivity contribution in [1.29, 1.82) is 0 Å². The first kappa shape index (κ1) is 20.0. The molecule has 0 aliphatic heterocycles. The molecule has 2 aromatic rings. The minimum absolute atomic E-state index is 0.0513. The molecule has 0 bridgehead atoms. The van der Waals surface area contributed by atoms with Crippen molar-refractivity contribution < 1.29 is 19.0 Å². The van der Waals surface area contributed by atoms with E-state index in [-0.39, 0.29) is 5.78 Å². The fourth-order valence-corrected chi connectivity index (χ4v) is 2.95. The van der Waals surface area contributed by atoms with Gasteiger partial charge in [-0.25, -0.2) is 0 Å². The first-order chi connectivity index (χ1) is 11.4. The van der Waals surface area contributed by atoms with E-state index in [2.05, 4.69) is 0 Å². The van der Waals surface area contributed by atoms with Crippen molar-refractivity contribution in [3.63, 3.8) is 0 Å². The number of ketones is 1. The smallest absolute Gasteiger partial charge is 0.194 e. The Bertz CT molecular complexity index is 743. The van der Waals surface area contributed by atoms with Crippen LogP contribution in [0, 0.1) is 20.8 Å². The summed E-state index contributed by atoms with van der Waals surface area (Å²) in [6.45, 7) is 7.91. The molecule has 0 saturated heterocycles. The lowest BCUT2D eigenvalue weighted by atomic mass is 9.88. The van der Waals surface area contributed by atoms with Crippen LogP contribution in [-0.4, -0.2) is 17.0 Å². The van der Waals surface area contributed by atoms with Gasteiger partial charge in [0.15, 0.2) is 20.8 Å². The maximum atomic E-state index is 13.0. The van der Waals surface area contributed by atoms with Gasteiger partial charge in [-0.3, -0.25) is 14.2 Å². The third-order valence-corrected chi connectivity index (χ3v) is 3.82. The zero-order valence-electron chi connectivity index (χ0n) is 14.4. The molecule has 0 aliphatic carbocycles. The third kappa shape index (κ3) is 4.50. The molecule has 0 spiro atoms. The molecule has 0 amide bonds. The van der Waals surface area contributed by atoms with Gasteiger partial charge in [0.1, 0.15) is 0 Å². The van der Waals surface area contributed by atoms with E-state index in [1.165, 1.54) is 0 Å². The Labute approximate surface area is 143 Å². The molecule has 0 fully saturated rings. The number of benzene rings is 2. The zero-order chi connectivity index (χ0) is 18.3. The first-order valence-electron chi connectivity index (χ1n) is 7.68. The van der Waals surface area contributed by atoms with E-state index in [4.69, 9.17) is 9.46 Å². The summed E-state index contributed by atoms with van der Waals surface area (Å²) >= 11 is 0. The number of hydrogen-bond donors (Lipinski definition) is 1. The molecular weight excluding hydrogens is 323 g/mol. The van der Waals surface area contributed by atoms with Gasteiger partial charge >= 0.3 is 0 Å². The summed E-state index contributed by atoms with van der Waals surface area (Å²) in [5.74, 6) is -0.0513. The lowest BCUT2D eigenvalue weighted by molar-refractivity contribution is 0.102. The van der Waals surface area contributed by atoms with E-state index >= 15 is 0 Å². The number of carbonyl (C=O) groups excluding carboxylic acids is 2. The number of rotatable bonds is 4. The van der Waals surface area contributed by atoms with Crippen molar-refractivity contribution in [3.05, 3.63) is 69.3 Å². The summed E-state index contributed by atoms with van der Waals surface area (Å²) in [7, 11) is -1.50. The minimum Gasteiger partial charge on any atom is -0.348 e. The maximum absolute atomic E-state index is 13.0. The van der Waals surface area contributed by atoms with Crippen LogP contribution in [-0.2, 0) is 11.0 Å². The molecule has 0 radical (unpaired) electrons. The summed E-state index contributed by atoms with van der Waals surface area (Å²) in [5, 5.41) is 0. The molecule has 1 unspecified atom stereocenters. The summed E-state index contributed by atoms with van der Waals surface area (Å²) in [4.78, 5) is 31.4. The molecular formula is C19H23O4P. The summed E-state index contributed by atoms with van der Waals surface area (Å²) in [6, 6.07) is 9.47. The fraction of sp³-hybridized carbons (Fsp3) is 0.263. The van der Waals surface area contributed by atoms with E-state index in [9.17, 15) is 9.59 Å². The van der Waals surface area contributed by atoms with Crippen LogP contribution in [0.4, 0.5) is 0 Å². The molecule has 0 saturated carbocycles. The minimum atomic E-state index is -1.50. The molecule has 0 aliphatic rings. The average Bonchev–Trinajstić information content (AvgIpc) is 2.53. The molecule has 24 heavy (non-hydrogen) atoms. The van der Waals surface area contributed by atoms with Crippen LogP contribution >= 0.6 is 8.69 Å². The first-order valence-corrected chi connectivity index (χ1v) is 8.67. The largest absolute Gasteiger partial charge is 0.348 e. The molecule has 0 aromatic heterocycles. The highest BCUT2D eigenvalue weighted by atomic mass is 31.1. The van der Waals surface area contributed by atoms with Gasteiger partial charge in [0.25, 0.3) is 0 Å². The van der Waals surface area contributed by atoms with Crippen molar-refractivity contribution in [2.45, 2.75) is 34.1 Å². The van der Waals surface area contributed by atoms with Gasteiger partial charge in [-0.15, -0.1) is 0 Å². The normalized spacial score (nSPS) is 10.4. The number of hydrogen-bond acceptors (Lipinski definition) is 3. The van der Waals surface area contributed by atoms with Gasteiger partial charge < -0.3 is 4.89 Å². The maximum Gasteiger partial charge on any atom is 0.194 e. The quantitative estimate of drug-likeness (QED) is 0.518. The molecule has 1 N–H and O–H groups in total. The Kier molecular flexibility index (Phi) is 7.76. The van der Waals surface area contributed by atoms with E-state index in [0.29, 0.717) is 16.7 Å². The predicted molar refractivity (Wildman–Crippen MR) is 97.9 cm³/mol. The van der Waals surface area contributed by atoms with Crippen molar-refractivity contribution in [1.82, 2.24) is 0 Å². The molecule has 2 rings (SSSR count). The van der Waals surface area contributed by atoms with Crippen LogP contribution in [0.1, 0.15) is 55.5 Å². The highest BCUT2D eigenvalue weighted by molar-refractivity contribution is 7.16. The van der Waals surface area contributed by atoms with Crippen molar-refractivity contribution >= 4 is 20.8 Å². The van der Waals surface area contributed by atoms with E-state index in [0.717, 1.165) is 35.0 Å². The van der Waals surface area contributed by atoms with E-state index in [1.54, 1.807) is 6.07 Å². The van der Waals surface area contributed by atoms with Crippen molar-refractivity contribution in [3.8, 4) is 0 Å². The number of carbonyl (C=O) groups is 2. The van der Waals surface area contributed by atoms with Gasteiger partial charge in [0, 0.05) is 16.7 Å². The summed E-state index contributed by atoms with van der Waals surface area (Å²) < 4.78 is 8.57. The van der Waals surface area contributed by atoms with E-state index < -0.39 is 8.69 Å². The highest BCUT2D eigenvalue weighted by Gasteiger charge is 2.20. The summed E-state index contributed by atoms with van der Waals surface area (Å²) in [5.41, 5.74) is 5.71. The second-order valence-corrected chi connectivity index (χ2v) is 5.77. The SMILES string of the molecule is CCc1cccc(C=O)c1C(=O)c1c(C)cc(C)cc1C.O=[PH2]O. The lowest BCUT2D eigenvalue weighted by Crippen LogP contribution is -2.12. The predicted octanol–water partition coefficient (Wildman–Crippen LogP) is 3.87. The van der Waals surface area contributed by atoms with Crippen LogP contribution in [0.3, 0.4) is 0 Å². The van der Waals surface area contributed by atoms with E-state index in [1.807, 2.05) is 52.0 Å². The van der Waals surface area contributed by atoms with Gasteiger partial charge in [-0.1, -0.05) is 42.8 Å². The molecule has 5 heteroatoms. The standard InChI is InChI=1S/C19H20O2.H3O2P/c1-5-15-7-6-8-16(11-20)18(15)19(21)17-13(3)9-12(2)10-14(17)4;1-3-2/h6-11H,5H2,1-4H3;3H2,(H,1,2). The zero-order valence-corrected chi connectivity index (χ0v) is 15.6. The van der Waals surface area contributed by atoms with Crippen LogP contribution in [0.2, 0.25) is 0 Å². The van der Waals surface area contributed by atoms with Gasteiger partial charge in [-0.2, -0.15) is 0 Å². The van der Waals surface area contributed by atoms with Crippen LogP contribution < -0.4 is 0 Å². The van der Waals surface area contributed by atoms with Crippen LogP contribution in [0.15, 0.2) is 30.3 Å². The molecule has 0 heterocycles. The molecule has 4 nitrogen and oxygen atoms in total. The highest BCUT2D eigenvalue weighted by Crippen LogP contribution is 2.24. The Balaban J connectivity index is 0.000000891. The van der Waals surface area contributed by atoms with Gasteiger partial charge in [-0.05, 0) is 43.9 Å². The van der Waals surface area contributed by atoms with Crippen LogP contribution in [0.5, 0.6) is 0 Å². The third-order valence-electron chi connectivity index (χ3n) is 3.82. The molecule has 2 aromatic carbocycles. The fourth-order valence-electron chi connectivity index (χ4n) is 2.95. The van der Waals surface area contributed by atoms with Crippen molar-refractivity contribution in [2.24, 2.45) is 0 Å². The second kappa shape index (κ2) is 9.31. The average molecular weight is 346 g/mol. The molecule has 128 valence electrons.